The molecule has 0 aromatic heterocycles. The van der Waals surface area contributed by atoms with E-state index in [0.29, 0.717) is 5.39 Å². The molecular formula is C14H15NO3S. The number of hydrogen-bond donors (Lipinski definition) is 1. The number of sulfonamides is 1. The van der Waals surface area contributed by atoms with Gasteiger partial charge < -0.3 is 0 Å². The second-order valence-electron chi connectivity index (χ2n) is 4.60. The van der Waals surface area contributed by atoms with Gasteiger partial charge in [-0.15, -0.1) is 0 Å². The summed E-state index contributed by atoms with van der Waals surface area (Å²) in [4.78, 5) is 11.7. The van der Waals surface area contributed by atoms with E-state index in [-0.39, 0.29) is 10.8 Å². The van der Waals surface area contributed by atoms with Crippen molar-refractivity contribution in [3.8, 4) is 0 Å². The standard InChI is InChI=1S/C14H15NO3S/c1-10(2)14(16)15-19(17,18)13-9-5-7-11-6-3-4-8-12(11)13/h3-10H,1-2H3,(H,15,16). The van der Waals surface area contributed by atoms with Crippen LogP contribution in [-0.4, -0.2) is 14.3 Å². The maximum Gasteiger partial charge on any atom is 0.264 e. The monoisotopic (exact) mass is 277 g/mol. The third kappa shape index (κ3) is 2.76. The summed E-state index contributed by atoms with van der Waals surface area (Å²) in [7, 11) is -3.83. The van der Waals surface area contributed by atoms with Crippen LogP contribution in [0.5, 0.6) is 0 Å². The zero-order valence-corrected chi connectivity index (χ0v) is 11.6. The van der Waals surface area contributed by atoms with E-state index < -0.39 is 15.9 Å². The summed E-state index contributed by atoms with van der Waals surface area (Å²) in [5.74, 6) is -0.891. The molecule has 4 nitrogen and oxygen atoms in total. The average Bonchev–Trinajstić information content (AvgIpc) is 2.37. The minimum Gasteiger partial charge on any atom is -0.274 e. The SMILES string of the molecule is CC(C)C(=O)NS(=O)(=O)c1cccc2ccccc12. The van der Waals surface area contributed by atoms with E-state index in [4.69, 9.17) is 0 Å². The first kappa shape index (κ1) is 13.5. The third-order valence-electron chi connectivity index (χ3n) is 2.80. The average molecular weight is 277 g/mol. The van der Waals surface area contributed by atoms with Crippen molar-refractivity contribution >= 4 is 26.7 Å². The maximum atomic E-state index is 12.2. The van der Waals surface area contributed by atoms with Crippen molar-refractivity contribution in [3.63, 3.8) is 0 Å². The van der Waals surface area contributed by atoms with Crippen molar-refractivity contribution in [3.05, 3.63) is 42.5 Å². The number of nitrogens with one attached hydrogen (secondary N) is 1. The number of hydrogen-bond acceptors (Lipinski definition) is 3. The van der Waals surface area contributed by atoms with E-state index in [0.717, 1.165) is 5.39 Å². The fourth-order valence-electron chi connectivity index (χ4n) is 1.74. The van der Waals surface area contributed by atoms with Crippen LogP contribution < -0.4 is 4.72 Å². The summed E-state index contributed by atoms with van der Waals surface area (Å²) >= 11 is 0. The van der Waals surface area contributed by atoms with Crippen LogP contribution >= 0.6 is 0 Å². The highest BCUT2D eigenvalue weighted by Crippen LogP contribution is 2.22. The molecule has 0 bridgehead atoms. The van der Waals surface area contributed by atoms with Crippen LogP contribution in [0.1, 0.15) is 13.8 Å². The molecule has 1 N–H and O–H groups in total. The summed E-state index contributed by atoms with van der Waals surface area (Å²) in [5, 5.41) is 1.43. The van der Waals surface area contributed by atoms with Crippen LogP contribution in [0.15, 0.2) is 47.4 Å². The van der Waals surface area contributed by atoms with Gasteiger partial charge in [0.15, 0.2) is 0 Å². The Morgan fingerprint density at radius 2 is 1.68 bits per heavy atom. The molecule has 0 atom stereocenters. The highest BCUT2D eigenvalue weighted by Gasteiger charge is 2.21. The van der Waals surface area contributed by atoms with Crippen molar-refractivity contribution in [2.24, 2.45) is 5.92 Å². The van der Waals surface area contributed by atoms with Crippen molar-refractivity contribution in [2.45, 2.75) is 18.7 Å². The molecule has 2 aromatic rings. The van der Waals surface area contributed by atoms with E-state index in [1.165, 1.54) is 6.07 Å². The first-order valence-electron chi connectivity index (χ1n) is 5.96. The van der Waals surface area contributed by atoms with Gasteiger partial charge in [0.2, 0.25) is 5.91 Å². The Morgan fingerprint density at radius 3 is 2.37 bits per heavy atom. The van der Waals surface area contributed by atoms with E-state index in [2.05, 4.69) is 4.72 Å². The molecule has 2 aromatic carbocycles. The fraction of sp³-hybridized carbons (Fsp3) is 0.214. The molecule has 19 heavy (non-hydrogen) atoms. The number of carbonyl (C=O) groups is 1. The van der Waals surface area contributed by atoms with Gasteiger partial charge in [-0.05, 0) is 11.5 Å². The number of carbonyl (C=O) groups excluding carboxylic acids is 1. The minimum atomic E-state index is -3.83. The van der Waals surface area contributed by atoms with Gasteiger partial charge in [0.05, 0.1) is 4.90 Å². The molecule has 0 spiro atoms. The highest BCUT2D eigenvalue weighted by molar-refractivity contribution is 7.90. The van der Waals surface area contributed by atoms with E-state index in [1.54, 1.807) is 32.0 Å². The molecule has 0 heterocycles. The zero-order chi connectivity index (χ0) is 14.0. The van der Waals surface area contributed by atoms with Gasteiger partial charge in [0.1, 0.15) is 0 Å². The predicted octanol–water partition coefficient (Wildman–Crippen LogP) is 2.30. The minimum absolute atomic E-state index is 0.125. The van der Waals surface area contributed by atoms with Gasteiger partial charge >= 0.3 is 0 Å². The van der Waals surface area contributed by atoms with Crippen LogP contribution in [0.3, 0.4) is 0 Å². The smallest absolute Gasteiger partial charge is 0.264 e. The van der Waals surface area contributed by atoms with Crippen molar-refractivity contribution in [2.75, 3.05) is 0 Å². The van der Waals surface area contributed by atoms with Gasteiger partial charge in [0, 0.05) is 11.3 Å². The summed E-state index contributed by atoms with van der Waals surface area (Å²) in [6, 6.07) is 12.2. The summed E-state index contributed by atoms with van der Waals surface area (Å²) in [5.41, 5.74) is 0. The van der Waals surface area contributed by atoms with Gasteiger partial charge in [-0.1, -0.05) is 50.2 Å². The summed E-state index contributed by atoms with van der Waals surface area (Å²) in [6.45, 7) is 3.29. The molecule has 0 saturated carbocycles. The molecule has 1 amide bonds. The predicted molar refractivity (Wildman–Crippen MR) is 74.1 cm³/mol. The van der Waals surface area contributed by atoms with Gasteiger partial charge in [-0.3, -0.25) is 4.79 Å². The topological polar surface area (TPSA) is 63.2 Å². The number of fused-ring (bicyclic) bond motifs is 1. The van der Waals surface area contributed by atoms with Crippen molar-refractivity contribution in [1.82, 2.24) is 4.72 Å². The lowest BCUT2D eigenvalue weighted by atomic mass is 10.1. The molecule has 100 valence electrons. The van der Waals surface area contributed by atoms with Gasteiger partial charge in [-0.2, -0.15) is 0 Å². The molecule has 0 radical (unpaired) electrons. The lowest BCUT2D eigenvalue weighted by molar-refractivity contribution is -0.122. The molecular weight excluding hydrogens is 262 g/mol. The van der Waals surface area contributed by atoms with Crippen molar-refractivity contribution in [1.29, 1.82) is 0 Å². The van der Waals surface area contributed by atoms with Crippen molar-refractivity contribution < 1.29 is 13.2 Å². The van der Waals surface area contributed by atoms with E-state index in [9.17, 15) is 13.2 Å². The molecule has 0 aliphatic rings. The Labute approximate surface area is 112 Å². The number of rotatable bonds is 3. The molecule has 0 aliphatic carbocycles. The second-order valence-corrected chi connectivity index (χ2v) is 6.25. The fourth-order valence-corrected chi connectivity index (χ4v) is 3.08. The van der Waals surface area contributed by atoms with Crippen LogP contribution in [-0.2, 0) is 14.8 Å². The lowest BCUT2D eigenvalue weighted by Gasteiger charge is -2.11. The van der Waals surface area contributed by atoms with E-state index in [1.807, 2.05) is 18.2 Å². The lowest BCUT2D eigenvalue weighted by Crippen LogP contribution is -2.33. The Bertz CT molecular complexity index is 715. The Hall–Kier alpha value is -1.88. The Kier molecular flexibility index (Phi) is 3.57. The summed E-state index contributed by atoms with van der Waals surface area (Å²) in [6.07, 6.45) is 0. The first-order valence-corrected chi connectivity index (χ1v) is 7.44. The van der Waals surface area contributed by atoms with Crippen LogP contribution in [0, 0.1) is 5.92 Å². The summed E-state index contributed by atoms with van der Waals surface area (Å²) < 4.78 is 26.6. The molecule has 2 rings (SSSR count). The van der Waals surface area contributed by atoms with Crippen LogP contribution in [0.2, 0.25) is 0 Å². The molecule has 0 saturated heterocycles. The van der Waals surface area contributed by atoms with E-state index >= 15 is 0 Å². The molecule has 5 heteroatoms. The Balaban J connectivity index is 2.52. The largest absolute Gasteiger partial charge is 0.274 e. The quantitative estimate of drug-likeness (QED) is 0.936. The maximum absolute atomic E-state index is 12.2. The number of benzene rings is 2. The highest BCUT2D eigenvalue weighted by atomic mass is 32.2. The van der Waals surface area contributed by atoms with Gasteiger partial charge in [0.25, 0.3) is 10.0 Å². The normalized spacial score (nSPS) is 11.7. The zero-order valence-electron chi connectivity index (χ0n) is 10.8. The Morgan fingerprint density at radius 1 is 1.05 bits per heavy atom. The number of amides is 1. The van der Waals surface area contributed by atoms with Crippen LogP contribution in [0.4, 0.5) is 0 Å². The molecule has 0 aliphatic heterocycles. The first-order chi connectivity index (χ1) is 8.92. The molecule has 0 fully saturated rings. The molecule has 0 unspecified atom stereocenters. The third-order valence-corrected chi connectivity index (χ3v) is 4.20. The second kappa shape index (κ2) is 5.01. The van der Waals surface area contributed by atoms with Crippen LogP contribution in [0.25, 0.3) is 10.8 Å². The van der Waals surface area contributed by atoms with Gasteiger partial charge in [-0.25, -0.2) is 13.1 Å².